The zero-order valence-corrected chi connectivity index (χ0v) is 16.0. The molecule has 1 N–H and O–H groups in total. The molecular formula is C18H25BO4S. The lowest BCUT2D eigenvalue weighted by Gasteiger charge is -2.32. The average molecular weight is 348 g/mol. The molecular weight excluding hydrogens is 323 g/mol. The number of hydrogen-bond donors (Lipinski definition) is 1. The largest absolute Gasteiger partial charge is 0.508 e. The highest BCUT2D eigenvalue weighted by atomic mass is 32.2. The van der Waals surface area contributed by atoms with E-state index in [9.17, 15) is 9.90 Å². The third-order valence-corrected chi connectivity index (χ3v) is 5.47. The van der Waals surface area contributed by atoms with Crippen LogP contribution in [0.15, 0.2) is 23.7 Å². The van der Waals surface area contributed by atoms with Crippen LogP contribution in [-0.4, -0.2) is 34.3 Å². The van der Waals surface area contributed by atoms with E-state index in [4.69, 9.17) is 9.31 Å². The van der Waals surface area contributed by atoms with Gasteiger partial charge in [0.15, 0.2) is 5.12 Å². The van der Waals surface area contributed by atoms with Crippen molar-refractivity contribution >= 4 is 30.1 Å². The Balaban J connectivity index is 2.33. The molecule has 0 spiro atoms. The molecule has 0 saturated carbocycles. The van der Waals surface area contributed by atoms with Gasteiger partial charge in [0.2, 0.25) is 0 Å². The fourth-order valence-corrected chi connectivity index (χ4v) is 2.88. The van der Waals surface area contributed by atoms with Crippen molar-refractivity contribution < 1.29 is 19.2 Å². The van der Waals surface area contributed by atoms with Crippen LogP contribution in [0.5, 0.6) is 5.75 Å². The Hall–Kier alpha value is -1.24. The fourth-order valence-electron chi connectivity index (χ4n) is 2.29. The zero-order chi connectivity index (χ0) is 18.1. The first-order valence-electron chi connectivity index (χ1n) is 8.01. The molecule has 130 valence electrons. The summed E-state index contributed by atoms with van der Waals surface area (Å²) in [5, 5.41) is 9.96. The minimum absolute atomic E-state index is 0.0455. The number of thioether (sulfide) groups is 1. The van der Waals surface area contributed by atoms with Crippen LogP contribution in [0.2, 0.25) is 0 Å². The van der Waals surface area contributed by atoms with Gasteiger partial charge in [-0.1, -0.05) is 30.0 Å². The molecule has 24 heavy (non-hydrogen) atoms. The minimum atomic E-state index is -0.509. The van der Waals surface area contributed by atoms with Gasteiger partial charge in [0, 0.05) is 12.7 Å². The van der Waals surface area contributed by atoms with Crippen molar-refractivity contribution in [3.63, 3.8) is 0 Å². The van der Waals surface area contributed by atoms with Crippen molar-refractivity contribution in [2.24, 2.45) is 0 Å². The lowest BCUT2D eigenvalue weighted by molar-refractivity contribution is -0.109. The Morgan fingerprint density at radius 3 is 2.33 bits per heavy atom. The second-order valence-electron chi connectivity index (χ2n) is 7.13. The van der Waals surface area contributed by atoms with Gasteiger partial charge in [-0.3, -0.25) is 4.79 Å². The average Bonchev–Trinajstić information content (AvgIpc) is 2.67. The fraction of sp³-hybridized carbons (Fsp3) is 0.500. The van der Waals surface area contributed by atoms with E-state index in [0.717, 1.165) is 16.6 Å². The highest BCUT2D eigenvalue weighted by Gasteiger charge is 2.52. The van der Waals surface area contributed by atoms with E-state index < -0.39 is 18.3 Å². The summed E-state index contributed by atoms with van der Waals surface area (Å²) in [5.74, 6) is 0.733. The summed E-state index contributed by atoms with van der Waals surface area (Å²) in [7, 11) is -0.509. The monoisotopic (exact) mass is 348 g/mol. The van der Waals surface area contributed by atoms with Gasteiger partial charge >= 0.3 is 7.12 Å². The Morgan fingerprint density at radius 2 is 1.83 bits per heavy atom. The predicted molar refractivity (Wildman–Crippen MR) is 100 cm³/mol. The maximum absolute atomic E-state index is 11.4. The van der Waals surface area contributed by atoms with E-state index in [-0.39, 0.29) is 10.9 Å². The molecule has 6 heteroatoms. The van der Waals surface area contributed by atoms with Gasteiger partial charge in [-0.15, -0.1) is 0 Å². The van der Waals surface area contributed by atoms with Gasteiger partial charge in [-0.2, -0.15) is 0 Å². The third kappa shape index (κ3) is 4.24. The van der Waals surface area contributed by atoms with Crippen LogP contribution in [0.4, 0.5) is 0 Å². The zero-order valence-electron chi connectivity index (χ0n) is 15.2. The molecule has 1 saturated heterocycles. The first-order chi connectivity index (χ1) is 11.0. The molecule has 0 amide bonds. The Bertz CT molecular complexity index is 651. The third-order valence-electron chi connectivity index (χ3n) is 4.58. The number of benzene rings is 1. The van der Waals surface area contributed by atoms with Gasteiger partial charge in [-0.05, 0) is 57.3 Å². The maximum Gasteiger partial charge on any atom is 0.491 e. The summed E-state index contributed by atoms with van der Waals surface area (Å²) in [6.45, 7) is 11.4. The first-order valence-corrected chi connectivity index (χ1v) is 8.99. The second-order valence-corrected chi connectivity index (χ2v) is 8.29. The Kier molecular flexibility index (Phi) is 5.52. The summed E-state index contributed by atoms with van der Waals surface area (Å²) < 4.78 is 12.2. The SMILES string of the molecule is CC(=O)SCC(=Cc1ccc(C)c(O)c1)B1OC(C)(C)C(C)(C)O1. The molecule has 0 radical (unpaired) electrons. The van der Waals surface area contributed by atoms with Gasteiger partial charge in [-0.25, -0.2) is 0 Å². The van der Waals surface area contributed by atoms with E-state index in [1.165, 1.54) is 11.8 Å². The van der Waals surface area contributed by atoms with Crippen LogP contribution in [0.3, 0.4) is 0 Å². The summed E-state index contributed by atoms with van der Waals surface area (Å²) >= 11 is 1.22. The van der Waals surface area contributed by atoms with E-state index in [0.29, 0.717) is 5.75 Å². The van der Waals surface area contributed by atoms with Crippen LogP contribution in [-0.2, 0) is 14.1 Å². The van der Waals surface area contributed by atoms with Crippen molar-refractivity contribution in [3.05, 3.63) is 34.8 Å². The molecule has 1 aliphatic heterocycles. The normalized spacial score (nSPS) is 19.6. The molecule has 0 unspecified atom stereocenters. The van der Waals surface area contributed by atoms with Crippen LogP contribution in [0.1, 0.15) is 45.7 Å². The molecule has 2 rings (SSSR count). The van der Waals surface area contributed by atoms with Crippen molar-refractivity contribution in [2.45, 2.75) is 52.7 Å². The molecule has 1 aromatic rings. The molecule has 1 fully saturated rings. The van der Waals surface area contributed by atoms with Crippen LogP contribution >= 0.6 is 11.8 Å². The number of carbonyl (C=O) groups is 1. The highest BCUT2D eigenvalue weighted by Crippen LogP contribution is 2.39. The first kappa shape index (κ1) is 19.1. The Labute approximate surface area is 148 Å². The Morgan fingerprint density at radius 1 is 1.25 bits per heavy atom. The van der Waals surface area contributed by atoms with Crippen LogP contribution < -0.4 is 0 Å². The number of hydrogen-bond acceptors (Lipinski definition) is 5. The molecule has 1 aliphatic rings. The number of rotatable bonds is 4. The maximum atomic E-state index is 11.4. The van der Waals surface area contributed by atoms with Gasteiger partial charge in [0.1, 0.15) is 5.75 Å². The minimum Gasteiger partial charge on any atom is -0.508 e. The second kappa shape index (κ2) is 6.94. The summed E-state index contributed by atoms with van der Waals surface area (Å²) in [5.41, 5.74) is 1.67. The van der Waals surface area contributed by atoms with Gasteiger partial charge < -0.3 is 14.4 Å². The number of carbonyl (C=O) groups excluding carboxylic acids is 1. The molecule has 0 atom stereocenters. The van der Waals surface area contributed by atoms with E-state index in [1.54, 1.807) is 13.0 Å². The van der Waals surface area contributed by atoms with Crippen molar-refractivity contribution in [1.82, 2.24) is 0 Å². The molecule has 0 bridgehead atoms. The smallest absolute Gasteiger partial charge is 0.491 e. The molecule has 4 nitrogen and oxygen atoms in total. The van der Waals surface area contributed by atoms with Crippen LogP contribution in [0, 0.1) is 6.92 Å². The standard InChI is InChI=1S/C18H25BO4S/c1-12-7-8-14(10-16(12)21)9-15(11-24-13(2)20)19-22-17(3,4)18(5,6)23-19/h7-10,21H,11H2,1-6H3. The highest BCUT2D eigenvalue weighted by molar-refractivity contribution is 8.13. The molecule has 0 aromatic heterocycles. The van der Waals surface area contributed by atoms with Gasteiger partial charge in [0.25, 0.3) is 0 Å². The van der Waals surface area contributed by atoms with E-state index >= 15 is 0 Å². The molecule has 1 aromatic carbocycles. The van der Waals surface area contributed by atoms with Crippen LogP contribution in [0.25, 0.3) is 6.08 Å². The number of aryl methyl sites for hydroxylation is 1. The number of phenols is 1. The van der Waals surface area contributed by atoms with Gasteiger partial charge in [0.05, 0.1) is 11.2 Å². The van der Waals surface area contributed by atoms with Crippen molar-refractivity contribution in [1.29, 1.82) is 0 Å². The summed E-state index contributed by atoms with van der Waals surface area (Å²) in [6.07, 6.45) is 1.93. The topological polar surface area (TPSA) is 55.8 Å². The van der Waals surface area contributed by atoms with E-state index in [1.807, 2.05) is 52.8 Å². The lowest BCUT2D eigenvalue weighted by Crippen LogP contribution is -2.41. The van der Waals surface area contributed by atoms with E-state index in [2.05, 4.69) is 0 Å². The quantitative estimate of drug-likeness (QED) is 0.834. The summed E-state index contributed by atoms with van der Waals surface area (Å²) in [4.78, 5) is 11.4. The van der Waals surface area contributed by atoms with Crippen molar-refractivity contribution in [3.8, 4) is 5.75 Å². The number of aromatic hydroxyl groups is 1. The summed E-state index contributed by atoms with van der Waals surface area (Å²) in [6, 6.07) is 5.50. The predicted octanol–water partition coefficient (Wildman–Crippen LogP) is 4.00. The van der Waals surface area contributed by atoms with Crippen molar-refractivity contribution in [2.75, 3.05) is 5.75 Å². The number of phenolic OH excluding ortho intramolecular Hbond substituents is 1. The molecule has 0 aliphatic carbocycles. The molecule has 1 heterocycles. The lowest BCUT2D eigenvalue weighted by atomic mass is 9.78.